The maximum absolute atomic E-state index is 13.2. The maximum atomic E-state index is 13.2. The minimum absolute atomic E-state index is 0.111. The van der Waals surface area contributed by atoms with Gasteiger partial charge < -0.3 is 5.32 Å². The third-order valence-electron chi connectivity index (χ3n) is 4.81. The number of aromatic nitrogens is 2. The van der Waals surface area contributed by atoms with Crippen molar-refractivity contribution >= 4 is 38.8 Å². The van der Waals surface area contributed by atoms with Crippen LogP contribution in [0.3, 0.4) is 0 Å². The Balaban J connectivity index is 1.64. The third kappa shape index (κ3) is 3.92. The van der Waals surface area contributed by atoms with E-state index < -0.39 is 16.4 Å². The smallest absolute Gasteiger partial charge is 0.274 e. The van der Waals surface area contributed by atoms with Crippen molar-refractivity contribution in [2.45, 2.75) is 13.5 Å². The molecule has 0 atom stereocenters. The fourth-order valence-electron chi connectivity index (χ4n) is 3.22. The quantitative estimate of drug-likeness (QED) is 0.373. The third-order valence-corrected chi connectivity index (χ3v) is 5.69. The minimum Gasteiger partial charge on any atom is -0.324 e. The van der Waals surface area contributed by atoms with Crippen molar-refractivity contribution in [1.82, 2.24) is 9.55 Å². The summed E-state index contributed by atoms with van der Waals surface area (Å²) in [4.78, 5) is 40.9. The number of benzene rings is 2. The highest BCUT2D eigenvalue weighted by atomic mass is 32.1. The lowest BCUT2D eigenvalue weighted by molar-refractivity contribution is -0.385. The molecule has 0 aliphatic rings. The van der Waals surface area contributed by atoms with Crippen molar-refractivity contribution < 1.29 is 14.1 Å². The van der Waals surface area contributed by atoms with Crippen LogP contribution in [0.2, 0.25) is 0 Å². The zero-order chi connectivity index (χ0) is 22.1. The highest BCUT2D eigenvalue weighted by Gasteiger charge is 2.17. The fraction of sp³-hybridized carbons (Fsp3) is 0.0952. The molecule has 10 heteroatoms. The average molecular weight is 438 g/mol. The van der Waals surface area contributed by atoms with Crippen molar-refractivity contribution in [2.24, 2.45) is 0 Å². The summed E-state index contributed by atoms with van der Waals surface area (Å²) in [5.41, 5.74) is 1.38. The summed E-state index contributed by atoms with van der Waals surface area (Å²) in [7, 11) is 0. The molecule has 0 fully saturated rings. The fourth-order valence-corrected chi connectivity index (χ4v) is 4.13. The highest BCUT2D eigenvalue weighted by molar-refractivity contribution is 7.17. The number of rotatable bonds is 5. The number of nitrogens with one attached hydrogen (secondary N) is 1. The molecule has 0 aliphatic heterocycles. The lowest BCUT2D eigenvalue weighted by Crippen LogP contribution is -2.28. The van der Waals surface area contributed by atoms with E-state index in [0.717, 1.165) is 0 Å². The normalized spacial score (nSPS) is 10.9. The Labute approximate surface area is 178 Å². The highest BCUT2D eigenvalue weighted by Crippen LogP contribution is 2.30. The molecule has 2 aromatic carbocycles. The van der Waals surface area contributed by atoms with Crippen molar-refractivity contribution in [3.05, 3.63) is 86.0 Å². The number of nitro benzene ring substituents is 1. The van der Waals surface area contributed by atoms with Crippen LogP contribution in [0.4, 0.5) is 15.8 Å². The monoisotopic (exact) mass is 438 g/mol. The molecule has 4 aromatic rings. The van der Waals surface area contributed by atoms with Crippen LogP contribution in [0.25, 0.3) is 21.3 Å². The number of nitro groups is 1. The summed E-state index contributed by atoms with van der Waals surface area (Å²) in [6.45, 7) is 1.22. The molecule has 0 radical (unpaired) electrons. The van der Waals surface area contributed by atoms with Gasteiger partial charge in [-0.15, -0.1) is 11.3 Å². The summed E-state index contributed by atoms with van der Waals surface area (Å²) in [6.07, 6.45) is 1.29. The number of thiophene rings is 1. The van der Waals surface area contributed by atoms with Crippen molar-refractivity contribution in [3.8, 4) is 11.1 Å². The van der Waals surface area contributed by atoms with E-state index >= 15 is 0 Å². The van der Waals surface area contributed by atoms with E-state index in [4.69, 9.17) is 0 Å². The first kappa shape index (κ1) is 20.4. The van der Waals surface area contributed by atoms with Crippen LogP contribution in [-0.2, 0) is 11.3 Å². The van der Waals surface area contributed by atoms with Crippen molar-refractivity contribution in [2.75, 3.05) is 5.32 Å². The summed E-state index contributed by atoms with van der Waals surface area (Å²) >= 11 is 1.28. The Morgan fingerprint density at radius 2 is 2.00 bits per heavy atom. The molecular formula is C21H15FN4O4S. The largest absolute Gasteiger partial charge is 0.324 e. The van der Waals surface area contributed by atoms with E-state index in [1.165, 1.54) is 53.4 Å². The SMILES string of the molecule is Cc1c(NC(=O)Cn2cnc3scc(-c4ccc(F)cc4)c3c2=O)cccc1[N+](=O)[O-]. The molecule has 4 rings (SSSR count). The van der Waals surface area contributed by atoms with Gasteiger partial charge in [0, 0.05) is 17.0 Å². The van der Waals surface area contributed by atoms with Gasteiger partial charge in [0.05, 0.1) is 27.9 Å². The standard InChI is InChI=1S/C21H15FN4O4S/c1-12-16(3-2-4-17(12)26(29)30)24-18(27)9-25-11-23-20-19(21(25)28)15(10-31-20)13-5-7-14(22)8-6-13/h2-8,10-11H,9H2,1H3,(H,24,27). The topological polar surface area (TPSA) is 107 Å². The predicted molar refractivity (Wildman–Crippen MR) is 116 cm³/mol. The van der Waals surface area contributed by atoms with E-state index in [1.807, 2.05) is 0 Å². The van der Waals surface area contributed by atoms with E-state index in [0.29, 0.717) is 32.6 Å². The summed E-state index contributed by atoms with van der Waals surface area (Å²) in [5, 5.41) is 15.8. The molecule has 1 amide bonds. The van der Waals surface area contributed by atoms with Gasteiger partial charge in [0.15, 0.2) is 0 Å². The summed E-state index contributed by atoms with van der Waals surface area (Å²) in [5.74, 6) is -0.905. The second kappa shape index (κ2) is 8.07. The first-order chi connectivity index (χ1) is 14.8. The van der Waals surface area contributed by atoms with Crippen LogP contribution in [0, 0.1) is 22.9 Å². The number of hydrogen-bond acceptors (Lipinski definition) is 6. The van der Waals surface area contributed by atoms with E-state index in [-0.39, 0.29) is 18.0 Å². The van der Waals surface area contributed by atoms with E-state index in [2.05, 4.69) is 10.3 Å². The Morgan fingerprint density at radius 3 is 2.71 bits per heavy atom. The van der Waals surface area contributed by atoms with E-state index in [9.17, 15) is 24.1 Å². The number of carbonyl (C=O) groups is 1. The van der Waals surface area contributed by atoms with Crippen LogP contribution in [0.15, 0.2) is 59.0 Å². The average Bonchev–Trinajstić information content (AvgIpc) is 3.17. The Hall–Kier alpha value is -3.92. The zero-order valence-corrected chi connectivity index (χ0v) is 17.0. The molecule has 0 spiro atoms. The molecule has 0 unspecified atom stereocenters. The maximum Gasteiger partial charge on any atom is 0.274 e. The second-order valence-electron chi connectivity index (χ2n) is 6.77. The van der Waals surface area contributed by atoms with Gasteiger partial charge in [-0.05, 0) is 30.7 Å². The van der Waals surface area contributed by atoms with Gasteiger partial charge in [-0.25, -0.2) is 9.37 Å². The van der Waals surface area contributed by atoms with E-state index in [1.54, 1.807) is 23.6 Å². The summed E-state index contributed by atoms with van der Waals surface area (Å²) < 4.78 is 14.4. The lowest BCUT2D eigenvalue weighted by atomic mass is 10.1. The lowest BCUT2D eigenvalue weighted by Gasteiger charge is -2.10. The number of carbonyl (C=O) groups excluding carboxylic acids is 1. The first-order valence-electron chi connectivity index (χ1n) is 9.11. The van der Waals surface area contributed by atoms with Crippen LogP contribution in [0.5, 0.6) is 0 Å². The number of hydrogen-bond donors (Lipinski definition) is 1. The molecule has 156 valence electrons. The van der Waals surface area contributed by atoms with Gasteiger partial charge in [0.25, 0.3) is 11.2 Å². The van der Waals surface area contributed by atoms with Gasteiger partial charge in [-0.3, -0.25) is 24.3 Å². The Bertz CT molecular complexity index is 1380. The molecule has 2 aromatic heterocycles. The Morgan fingerprint density at radius 1 is 1.26 bits per heavy atom. The number of halogens is 1. The molecule has 8 nitrogen and oxygen atoms in total. The predicted octanol–water partition coefficient (Wildman–Crippen LogP) is 4.12. The minimum atomic E-state index is -0.527. The van der Waals surface area contributed by atoms with Gasteiger partial charge in [0.1, 0.15) is 17.2 Å². The van der Waals surface area contributed by atoms with Gasteiger partial charge in [0.2, 0.25) is 5.91 Å². The van der Waals surface area contributed by atoms with Gasteiger partial charge in [-0.1, -0.05) is 18.2 Å². The molecule has 0 saturated heterocycles. The van der Waals surface area contributed by atoms with Crippen LogP contribution in [-0.4, -0.2) is 20.4 Å². The molecule has 31 heavy (non-hydrogen) atoms. The number of anilines is 1. The molecule has 2 heterocycles. The molecule has 0 aliphatic carbocycles. The molecule has 0 bridgehead atoms. The number of amides is 1. The molecular weight excluding hydrogens is 423 g/mol. The van der Waals surface area contributed by atoms with Crippen LogP contribution in [0.1, 0.15) is 5.56 Å². The summed E-state index contributed by atoms with van der Waals surface area (Å²) in [6, 6.07) is 10.1. The van der Waals surface area contributed by atoms with Crippen molar-refractivity contribution in [3.63, 3.8) is 0 Å². The first-order valence-corrected chi connectivity index (χ1v) is 9.99. The zero-order valence-electron chi connectivity index (χ0n) is 16.2. The number of fused-ring (bicyclic) bond motifs is 1. The van der Waals surface area contributed by atoms with Crippen molar-refractivity contribution in [1.29, 1.82) is 0 Å². The van der Waals surface area contributed by atoms with Crippen LogP contribution >= 0.6 is 11.3 Å². The Kier molecular flexibility index (Phi) is 5.30. The molecule has 1 N–H and O–H groups in total. The van der Waals surface area contributed by atoms with Gasteiger partial charge >= 0.3 is 0 Å². The molecule has 0 saturated carbocycles. The number of nitrogens with zero attached hydrogens (tertiary/aromatic N) is 3. The van der Waals surface area contributed by atoms with Gasteiger partial charge in [-0.2, -0.15) is 0 Å². The van der Waals surface area contributed by atoms with Crippen LogP contribution < -0.4 is 10.9 Å². The second-order valence-corrected chi connectivity index (χ2v) is 7.63.